The van der Waals surface area contributed by atoms with E-state index in [0.29, 0.717) is 28.5 Å². The molecule has 0 spiro atoms. The van der Waals surface area contributed by atoms with Crippen LogP contribution in [-0.2, 0) is 0 Å². The van der Waals surface area contributed by atoms with Gasteiger partial charge < -0.3 is 19.6 Å². The van der Waals surface area contributed by atoms with Gasteiger partial charge in [-0.2, -0.15) is 0 Å². The van der Waals surface area contributed by atoms with Crippen molar-refractivity contribution in [3.63, 3.8) is 0 Å². The number of aromatic nitrogens is 1. The van der Waals surface area contributed by atoms with Crippen molar-refractivity contribution in [2.45, 2.75) is 37.6 Å². The molecule has 2 fully saturated rings. The lowest BCUT2D eigenvalue weighted by atomic mass is 10.0. The van der Waals surface area contributed by atoms with E-state index in [1.54, 1.807) is 6.20 Å². The topological polar surface area (TPSA) is 77.9 Å². The van der Waals surface area contributed by atoms with Crippen molar-refractivity contribution in [1.29, 1.82) is 0 Å². The number of amides is 1. The van der Waals surface area contributed by atoms with Gasteiger partial charge in [0.05, 0.1) is 15.1 Å². The largest absolute Gasteiger partial charge is 0.456 e. The van der Waals surface area contributed by atoms with Gasteiger partial charge in [-0.1, -0.05) is 24.3 Å². The monoisotopic (exact) mass is 502 g/mol. The molecule has 2 N–H and O–H groups in total. The number of carbonyl (C=O) groups is 1. The average Bonchev–Trinajstić information content (AvgIpc) is 3.37. The van der Waals surface area contributed by atoms with Crippen molar-refractivity contribution in [1.82, 2.24) is 20.1 Å². The van der Waals surface area contributed by atoms with Crippen LogP contribution in [0.1, 0.15) is 40.7 Å². The van der Waals surface area contributed by atoms with Crippen LogP contribution < -0.4 is 10.1 Å². The summed E-state index contributed by atoms with van der Waals surface area (Å²) in [6.07, 6.45) is 4.26. The SMILES string of the molecule is CN(C)[C@@H]1CCN(C(=O)c2cc3nccc(Oc4ccc5c(C(O)NC6CC6)cccc5c4)c3s2)C1. The Labute approximate surface area is 214 Å². The minimum atomic E-state index is -0.682. The zero-order valence-corrected chi connectivity index (χ0v) is 21.3. The fourth-order valence-electron chi connectivity index (χ4n) is 4.88. The molecule has 36 heavy (non-hydrogen) atoms. The van der Waals surface area contributed by atoms with E-state index in [9.17, 15) is 9.90 Å². The molecular weight excluding hydrogens is 472 g/mol. The highest BCUT2D eigenvalue weighted by molar-refractivity contribution is 7.21. The average molecular weight is 503 g/mol. The number of rotatable bonds is 7. The Balaban J connectivity index is 1.25. The summed E-state index contributed by atoms with van der Waals surface area (Å²) in [6.45, 7) is 1.53. The van der Waals surface area contributed by atoms with E-state index in [-0.39, 0.29) is 5.91 Å². The van der Waals surface area contributed by atoms with E-state index >= 15 is 0 Å². The molecule has 1 aliphatic carbocycles. The number of thiophene rings is 1. The summed E-state index contributed by atoms with van der Waals surface area (Å²) >= 11 is 1.44. The van der Waals surface area contributed by atoms with Crippen molar-refractivity contribution >= 4 is 38.2 Å². The fourth-order valence-corrected chi connectivity index (χ4v) is 5.92. The quantitative estimate of drug-likeness (QED) is 0.355. The zero-order valence-electron chi connectivity index (χ0n) is 20.5. The molecule has 4 aromatic rings. The van der Waals surface area contributed by atoms with Gasteiger partial charge in [-0.3, -0.25) is 15.1 Å². The predicted molar refractivity (Wildman–Crippen MR) is 143 cm³/mol. The number of ether oxygens (including phenoxy) is 1. The number of nitrogens with zero attached hydrogens (tertiary/aromatic N) is 3. The van der Waals surface area contributed by atoms with Crippen LogP contribution in [0.15, 0.2) is 54.7 Å². The maximum atomic E-state index is 13.2. The van der Waals surface area contributed by atoms with Crippen LogP contribution in [0, 0.1) is 0 Å². The lowest BCUT2D eigenvalue weighted by molar-refractivity contribution is 0.0788. The Kier molecular flexibility index (Phi) is 6.13. The Morgan fingerprint density at radius 2 is 2.06 bits per heavy atom. The van der Waals surface area contributed by atoms with E-state index < -0.39 is 6.23 Å². The van der Waals surface area contributed by atoms with Crippen LogP contribution in [0.4, 0.5) is 0 Å². The van der Waals surface area contributed by atoms with Crippen LogP contribution in [0.2, 0.25) is 0 Å². The molecule has 8 heteroatoms. The standard InChI is InChI=1S/C28H30N4O3S/c1-31(2)19-11-13-32(16-19)28(34)25-15-23-26(36-25)24(10-12-29-23)35-20-8-9-21-17(14-20)4-3-5-22(21)27(33)30-18-6-7-18/h3-5,8-10,12,14-15,18-19,27,30,33H,6-7,11,13,16H2,1-2H3/t19-,27?/m1/s1. The number of hydrogen-bond donors (Lipinski definition) is 2. The van der Waals surface area contributed by atoms with Crippen LogP contribution in [-0.4, -0.2) is 65.1 Å². The van der Waals surface area contributed by atoms with Crippen molar-refractivity contribution in [2.24, 2.45) is 0 Å². The van der Waals surface area contributed by atoms with Crippen molar-refractivity contribution in [2.75, 3.05) is 27.2 Å². The predicted octanol–water partition coefficient (Wildman–Crippen LogP) is 4.76. The number of aliphatic hydroxyl groups excluding tert-OH is 1. The molecule has 1 aliphatic heterocycles. The summed E-state index contributed by atoms with van der Waals surface area (Å²) in [5.74, 6) is 1.44. The molecule has 2 aromatic carbocycles. The van der Waals surface area contributed by atoms with Gasteiger partial charge in [-0.05, 0) is 62.3 Å². The Morgan fingerprint density at radius 3 is 2.83 bits per heavy atom. The van der Waals surface area contributed by atoms with Crippen molar-refractivity contribution in [3.8, 4) is 11.5 Å². The molecule has 0 bridgehead atoms. The van der Waals surface area contributed by atoms with Gasteiger partial charge in [0.1, 0.15) is 17.7 Å². The first kappa shape index (κ1) is 23.4. The lowest BCUT2D eigenvalue weighted by Crippen LogP contribution is -2.34. The molecule has 3 heterocycles. The first-order valence-corrected chi connectivity index (χ1v) is 13.3. The molecule has 186 valence electrons. The van der Waals surface area contributed by atoms with Crippen LogP contribution in [0.5, 0.6) is 11.5 Å². The number of likely N-dealkylation sites (tertiary alicyclic amines) is 1. The third kappa shape index (κ3) is 4.57. The maximum absolute atomic E-state index is 13.2. The summed E-state index contributed by atoms with van der Waals surface area (Å²) in [4.78, 5) is 22.5. The van der Waals surface area contributed by atoms with Crippen LogP contribution in [0.3, 0.4) is 0 Å². The zero-order chi connectivity index (χ0) is 24.8. The number of pyridine rings is 1. The van der Waals surface area contributed by atoms with Crippen molar-refractivity contribution in [3.05, 3.63) is 65.2 Å². The van der Waals surface area contributed by atoms with E-state index in [0.717, 1.165) is 58.9 Å². The normalized spacial score (nSPS) is 18.9. The summed E-state index contributed by atoms with van der Waals surface area (Å²) in [5, 5.41) is 15.9. The molecule has 0 radical (unpaired) electrons. The number of nitrogens with one attached hydrogen (secondary N) is 1. The molecule has 1 unspecified atom stereocenters. The van der Waals surface area contributed by atoms with E-state index in [4.69, 9.17) is 4.74 Å². The van der Waals surface area contributed by atoms with Crippen LogP contribution in [0.25, 0.3) is 21.0 Å². The molecule has 7 nitrogen and oxygen atoms in total. The van der Waals surface area contributed by atoms with Gasteiger partial charge in [-0.15, -0.1) is 11.3 Å². The van der Waals surface area contributed by atoms with Crippen molar-refractivity contribution < 1.29 is 14.6 Å². The molecule has 1 amide bonds. The molecule has 2 aromatic heterocycles. The summed E-state index contributed by atoms with van der Waals surface area (Å²) < 4.78 is 7.17. The molecule has 1 saturated carbocycles. The molecule has 2 aliphatic rings. The van der Waals surface area contributed by atoms with E-state index in [2.05, 4.69) is 29.3 Å². The van der Waals surface area contributed by atoms with Gasteiger partial charge in [0.25, 0.3) is 5.91 Å². The Bertz CT molecular complexity index is 1430. The summed E-state index contributed by atoms with van der Waals surface area (Å²) in [7, 11) is 4.12. The number of hydrogen-bond acceptors (Lipinski definition) is 7. The highest BCUT2D eigenvalue weighted by Crippen LogP contribution is 2.37. The number of benzene rings is 2. The second-order valence-electron chi connectivity index (χ2n) is 9.97. The van der Waals surface area contributed by atoms with Gasteiger partial charge >= 0.3 is 0 Å². The Hall–Kier alpha value is -3.04. The fraction of sp³-hybridized carbons (Fsp3) is 0.357. The lowest BCUT2D eigenvalue weighted by Gasteiger charge is -2.19. The minimum Gasteiger partial charge on any atom is -0.456 e. The molecule has 6 rings (SSSR count). The van der Waals surface area contributed by atoms with Crippen LogP contribution >= 0.6 is 11.3 Å². The second-order valence-corrected chi connectivity index (χ2v) is 11.0. The van der Waals surface area contributed by atoms with Gasteiger partial charge in [0.15, 0.2) is 0 Å². The van der Waals surface area contributed by atoms with E-state index in [1.807, 2.05) is 53.4 Å². The highest BCUT2D eigenvalue weighted by Gasteiger charge is 2.29. The third-order valence-electron chi connectivity index (χ3n) is 7.15. The number of fused-ring (bicyclic) bond motifs is 2. The maximum Gasteiger partial charge on any atom is 0.264 e. The Morgan fingerprint density at radius 1 is 1.19 bits per heavy atom. The number of carbonyl (C=O) groups excluding carboxylic acids is 1. The first-order valence-electron chi connectivity index (χ1n) is 12.4. The van der Waals surface area contributed by atoms with E-state index in [1.165, 1.54) is 11.3 Å². The number of likely N-dealkylation sites (N-methyl/N-ethyl adjacent to an activating group) is 1. The molecule has 2 atom stereocenters. The number of aliphatic hydroxyl groups is 1. The van der Waals surface area contributed by atoms with Gasteiger partial charge in [0.2, 0.25) is 0 Å². The molecular formula is C28H30N4O3S. The van der Waals surface area contributed by atoms with Gasteiger partial charge in [0, 0.05) is 43.0 Å². The summed E-state index contributed by atoms with van der Waals surface area (Å²) in [6, 6.07) is 16.4. The summed E-state index contributed by atoms with van der Waals surface area (Å²) in [5.41, 5.74) is 1.64. The second kappa shape index (κ2) is 9.44. The first-order chi connectivity index (χ1) is 17.5. The highest BCUT2D eigenvalue weighted by atomic mass is 32.1. The molecule has 1 saturated heterocycles. The minimum absolute atomic E-state index is 0.0601. The third-order valence-corrected chi connectivity index (χ3v) is 8.27. The van der Waals surface area contributed by atoms with Gasteiger partial charge in [-0.25, -0.2) is 0 Å². The smallest absolute Gasteiger partial charge is 0.264 e.